The molecule has 2 rings (SSSR count). The number of rotatable bonds is 5. The van der Waals surface area contributed by atoms with Gasteiger partial charge in [0.05, 0.1) is 13.2 Å². The normalized spacial score (nSPS) is 16.2. The molecule has 1 unspecified atom stereocenters. The van der Waals surface area contributed by atoms with Gasteiger partial charge in [-0.05, 0) is 37.0 Å². The zero-order valence-corrected chi connectivity index (χ0v) is 12.2. The summed E-state index contributed by atoms with van der Waals surface area (Å²) in [6, 6.07) is 6.76. The molecule has 106 valence electrons. The van der Waals surface area contributed by atoms with Crippen LogP contribution in [-0.4, -0.2) is 19.3 Å². The van der Waals surface area contributed by atoms with Crippen molar-refractivity contribution in [3.05, 3.63) is 23.8 Å². The van der Waals surface area contributed by atoms with E-state index in [1.165, 1.54) is 12.0 Å². The lowest BCUT2D eigenvalue weighted by Gasteiger charge is -2.16. The van der Waals surface area contributed by atoms with Crippen LogP contribution in [0.1, 0.15) is 39.2 Å². The van der Waals surface area contributed by atoms with Gasteiger partial charge in [0.1, 0.15) is 0 Å². The van der Waals surface area contributed by atoms with Crippen LogP contribution in [0.4, 0.5) is 0 Å². The van der Waals surface area contributed by atoms with E-state index in [1.807, 2.05) is 6.07 Å². The first-order valence-electron chi connectivity index (χ1n) is 7.27. The van der Waals surface area contributed by atoms with E-state index < -0.39 is 0 Å². The fraction of sp³-hybridized carbons (Fsp3) is 0.625. The topological polar surface area (TPSA) is 30.5 Å². The summed E-state index contributed by atoms with van der Waals surface area (Å²) in [5.74, 6) is 2.48. The summed E-state index contributed by atoms with van der Waals surface area (Å²) in [5, 5.41) is 3.56. The molecule has 0 bridgehead atoms. The molecule has 0 amide bonds. The molecule has 0 aliphatic carbocycles. The lowest BCUT2D eigenvalue weighted by Crippen LogP contribution is -2.26. The minimum Gasteiger partial charge on any atom is -0.490 e. The third-order valence-electron chi connectivity index (χ3n) is 3.29. The Labute approximate surface area is 116 Å². The average molecular weight is 263 g/mol. The Morgan fingerprint density at radius 1 is 1.11 bits per heavy atom. The van der Waals surface area contributed by atoms with Gasteiger partial charge in [0.2, 0.25) is 0 Å². The van der Waals surface area contributed by atoms with Crippen LogP contribution in [0.15, 0.2) is 18.2 Å². The van der Waals surface area contributed by atoms with Crippen LogP contribution in [0, 0.1) is 5.92 Å². The first kappa shape index (κ1) is 14.2. The molecule has 0 fully saturated rings. The summed E-state index contributed by atoms with van der Waals surface area (Å²) in [6.07, 6.45) is 2.15. The Bertz CT molecular complexity index is 404. The molecule has 1 N–H and O–H groups in total. The zero-order valence-electron chi connectivity index (χ0n) is 12.2. The number of nitrogens with one attached hydrogen (secondary N) is 1. The first-order valence-corrected chi connectivity index (χ1v) is 7.27. The maximum Gasteiger partial charge on any atom is 0.161 e. The Balaban J connectivity index is 1.92. The lowest BCUT2D eigenvalue weighted by atomic mass is 10.0. The predicted octanol–water partition coefficient (Wildman–Crippen LogP) is 3.37. The minimum atomic E-state index is 0.538. The molecule has 1 aliphatic rings. The van der Waals surface area contributed by atoms with Crippen LogP contribution in [0.25, 0.3) is 0 Å². The smallest absolute Gasteiger partial charge is 0.161 e. The summed E-state index contributed by atoms with van der Waals surface area (Å²) in [7, 11) is 0. The first-order chi connectivity index (χ1) is 9.15. The van der Waals surface area contributed by atoms with Crippen LogP contribution < -0.4 is 14.8 Å². The maximum atomic E-state index is 5.71. The zero-order chi connectivity index (χ0) is 13.7. The van der Waals surface area contributed by atoms with Gasteiger partial charge >= 0.3 is 0 Å². The van der Waals surface area contributed by atoms with Crippen molar-refractivity contribution in [2.45, 2.75) is 46.2 Å². The van der Waals surface area contributed by atoms with E-state index in [0.717, 1.165) is 43.6 Å². The van der Waals surface area contributed by atoms with E-state index in [4.69, 9.17) is 9.47 Å². The molecular formula is C16H25NO2. The summed E-state index contributed by atoms with van der Waals surface area (Å²) in [4.78, 5) is 0. The van der Waals surface area contributed by atoms with E-state index in [9.17, 15) is 0 Å². The largest absolute Gasteiger partial charge is 0.490 e. The monoisotopic (exact) mass is 263 g/mol. The van der Waals surface area contributed by atoms with Gasteiger partial charge < -0.3 is 14.8 Å². The highest BCUT2D eigenvalue weighted by Gasteiger charge is 2.11. The third kappa shape index (κ3) is 4.43. The van der Waals surface area contributed by atoms with Crippen molar-refractivity contribution in [1.82, 2.24) is 5.32 Å². The molecule has 0 radical (unpaired) electrons. The Morgan fingerprint density at radius 2 is 1.84 bits per heavy atom. The second kappa shape index (κ2) is 6.80. The third-order valence-corrected chi connectivity index (χ3v) is 3.29. The molecule has 0 spiro atoms. The van der Waals surface area contributed by atoms with Gasteiger partial charge in [-0.3, -0.25) is 0 Å². The van der Waals surface area contributed by atoms with Crippen LogP contribution in [0.3, 0.4) is 0 Å². The van der Waals surface area contributed by atoms with Crippen LogP contribution in [0.5, 0.6) is 11.5 Å². The quantitative estimate of drug-likeness (QED) is 0.883. The molecule has 3 nitrogen and oxygen atoms in total. The molecule has 1 aliphatic heterocycles. The van der Waals surface area contributed by atoms with Crippen LogP contribution in [-0.2, 0) is 6.54 Å². The summed E-state index contributed by atoms with van der Waals surface area (Å²) >= 11 is 0. The minimum absolute atomic E-state index is 0.538. The number of fused-ring (bicyclic) bond motifs is 1. The second-order valence-electron chi connectivity index (χ2n) is 5.74. The van der Waals surface area contributed by atoms with Gasteiger partial charge in [-0.25, -0.2) is 0 Å². The van der Waals surface area contributed by atoms with Crippen molar-refractivity contribution in [2.75, 3.05) is 13.2 Å². The van der Waals surface area contributed by atoms with Gasteiger partial charge in [0.25, 0.3) is 0 Å². The van der Waals surface area contributed by atoms with Crippen molar-refractivity contribution in [3.8, 4) is 11.5 Å². The molecule has 19 heavy (non-hydrogen) atoms. The van der Waals surface area contributed by atoms with Crippen molar-refractivity contribution in [3.63, 3.8) is 0 Å². The number of benzene rings is 1. The fourth-order valence-corrected chi connectivity index (χ4v) is 2.40. The maximum absolute atomic E-state index is 5.71. The summed E-state index contributed by atoms with van der Waals surface area (Å²) in [5.41, 5.74) is 1.25. The van der Waals surface area contributed by atoms with E-state index in [2.05, 4.69) is 38.2 Å². The van der Waals surface area contributed by atoms with Gasteiger partial charge in [-0.2, -0.15) is 0 Å². The number of hydrogen-bond acceptors (Lipinski definition) is 3. The van der Waals surface area contributed by atoms with Crippen LogP contribution >= 0.6 is 0 Å². The van der Waals surface area contributed by atoms with Gasteiger partial charge in [0.15, 0.2) is 11.5 Å². The molecular weight excluding hydrogens is 238 g/mol. The van der Waals surface area contributed by atoms with Gasteiger partial charge in [-0.1, -0.05) is 19.9 Å². The average Bonchev–Trinajstić information content (AvgIpc) is 2.60. The van der Waals surface area contributed by atoms with E-state index in [1.54, 1.807) is 0 Å². The molecule has 1 aromatic rings. The van der Waals surface area contributed by atoms with Crippen LogP contribution in [0.2, 0.25) is 0 Å². The van der Waals surface area contributed by atoms with Crippen molar-refractivity contribution in [1.29, 1.82) is 0 Å². The highest BCUT2D eigenvalue weighted by atomic mass is 16.5. The SMILES string of the molecule is CC(C)CC(C)NCc1ccc2c(c1)OCCCO2. The second-order valence-corrected chi connectivity index (χ2v) is 5.74. The fourth-order valence-electron chi connectivity index (χ4n) is 2.40. The van der Waals surface area contributed by atoms with Crippen molar-refractivity contribution in [2.24, 2.45) is 5.92 Å². The van der Waals surface area contributed by atoms with E-state index in [0.29, 0.717) is 6.04 Å². The van der Waals surface area contributed by atoms with Gasteiger partial charge in [-0.15, -0.1) is 0 Å². The number of ether oxygens (including phenoxy) is 2. The van der Waals surface area contributed by atoms with E-state index in [-0.39, 0.29) is 0 Å². The molecule has 1 heterocycles. The standard InChI is InChI=1S/C16H25NO2/c1-12(2)9-13(3)17-11-14-5-6-15-16(10-14)19-8-4-7-18-15/h5-6,10,12-13,17H,4,7-9,11H2,1-3H3. The van der Waals surface area contributed by atoms with Gasteiger partial charge in [0, 0.05) is 19.0 Å². The molecule has 1 aromatic carbocycles. The molecule has 0 saturated heterocycles. The Morgan fingerprint density at radius 3 is 2.58 bits per heavy atom. The summed E-state index contributed by atoms with van der Waals surface area (Å²) < 4.78 is 11.3. The molecule has 1 atom stereocenters. The number of hydrogen-bond donors (Lipinski definition) is 1. The van der Waals surface area contributed by atoms with Crippen molar-refractivity contribution >= 4 is 0 Å². The van der Waals surface area contributed by atoms with E-state index >= 15 is 0 Å². The lowest BCUT2D eigenvalue weighted by molar-refractivity contribution is 0.297. The molecule has 0 aromatic heterocycles. The van der Waals surface area contributed by atoms with Crippen molar-refractivity contribution < 1.29 is 9.47 Å². The Kier molecular flexibility index (Phi) is 5.08. The predicted molar refractivity (Wildman–Crippen MR) is 77.8 cm³/mol. The molecule has 0 saturated carbocycles. The Hall–Kier alpha value is -1.22. The highest BCUT2D eigenvalue weighted by molar-refractivity contribution is 5.43. The summed E-state index contributed by atoms with van der Waals surface area (Å²) in [6.45, 7) is 9.12. The molecule has 3 heteroatoms. The highest BCUT2D eigenvalue weighted by Crippen LogP contribution is 2.30.